The third kappa shape index (κ3) is 3.73. The van der Waals surface area contributed by atoms with E-state index in [1.165, 1.54) is 6.07 Å². The summed E-state index contributed by atoms with van der Waals surface area (Å²) in [6.45, 7) is 5.90. The van der Waals surface area contributed by atoms with Crippen molar-refractivity contribution in [2.75, 3.05) is 19.6 Å². The van der Waals surface area contributed by atoms with Crippen molar-refractivity contribution in [2.24, 2.45) is 0 Å². The number of sulfonamides is 1. The quantitative estimate of drug-likeness (QED) is 0.854. The number of rotatable bonds is 4. The van der Waals surface area contributed by atoms with Gasteiger partial charge in [-0.2, -0.15) is 0 Å². The second-order valence-corrected chi connectivity index (χ2v) is 8.19. The van der Waals surface area contributed by atoms with Crippen molar-refractivity contribution in [3.05, 3.63) is 29.3 Å². The Kier molecular flexibility index (Phi) is 4.44. The molecular weight excluding hydrogens is 314 g/mol. The number of carbonyl (C=O) groups excluding carboxylic acids is 1. The minimum atomic E-state index is -3.54. The molecule has 1 saturated carbocycles. The molecule has 1 aromatic rings. The first-order chi connectivity index (χ1) is 10.9. The lowest BCUT2D eigenvalue weighted by molar-refractivity contribution is 0.0708. The molecule has 1 unspecified atom stereocenters. The van der Waals surface area contributed by atoms with Gasteiger partial charge in [0, 0.05) is 37.3 Å². The minimum absolute atomic E-state index is 0.0504. The third-order valence-corrected chi connectivity index (χ3v) is 5.82. The summed E-state index contributed by atoms with van der Waals surface area (Å²) in [7, 11) is -3.54. The molecule has 23 heavy (non-hydrogen) atoms. The van der Waals surface area contributed by atoms with Crippen molar-refractivity contribution in [2.45, 2.75) is 43.7 Å². The summed E-state index contributed by atoms with van der Waals surface area (Å²) >= 11 is 0. The second kappa shape index (κ2) is 6.22. The lowest BCUT2D eigenvalue weighted by atomic mass is 10.1. The van der Waals surface area contributed by atoms with Crippen molar-refractivity contribution in [3.63, 3.8) is 0 Å². The molecule has 1 aromatic carbocycles. The van der Waals surface area contributed by atoms with Crippen molar-refractivity contribution in [1.82, 2.24) is 14.9 Å². The molecule has 2 fully saturated rings. The Morgan fingerprint density at radius 1 is 1.35 bits per heavy atom. The van der Waals surface area contributed by atoms with E-state index >= 15 is 0 Å². The van der Waals surface area contributed by atoms with E-state index < -0.39 is 10.0 Å². The summed E-state index contributed by atoms with van der Waals surface area (Å²) in [6, 6.07) is 5.08. The minimum Gasteiger partial charge on any atom is -0.336 e. The highest BCUT2D eigenvalue weighted by Gasteiger charge is 2.29. The number of hydrogen-bond donors (Lipinski definition) is 2. The summed E-state index contributed by atoms with van der Waals surface area (Å²) < 4.78 is 27.4. The SMILES string of the molecule is Cc1ccc(S(=O)(=O)NC2CC2)cc1C(=O)N1CCNC(C)C1. The van der Waals surface area contributed by atoms with Crippen LogP contribution in [0.1, 0.15) is 35.7 Å². The fourth-order valence-corrected chi connectivity index (χ4v) is 4.11. The Bertz CT molecular complexity index is 713. The summed E-state index contributed by atoms with van der Waals surface area (Å²) in [5.74, 6) is -0.0979. The van der Waals surface area contributed by atoms with Gasteiger partial charge in [0.2, 0.25) is 10.0 Å². The molecule has 126 valence electrons. The Morgan fingerprint density at radius 3 is 2.74 bits per heavy atom. The lowest BCUT2D eigenvalue weighted by Crippen LogP contribution is -2.51. The Hall–Kier alpha value is -1.44. The molecule has 0 spiro atoms. The van der Waals surface area contributed by atoms with Crippen LogP contribution in [0.15, 0.2) is 23.1 Å². The van der Waals surface area contributed by atoms with Gasteiger partial charge in [0.05, 0.1) is 4.90 Å². The first-order valence-corrected chi connectivity index (χ1v) is 9.51. The van der Waals surface area contributed by atoms with Gasteiger partial charge < -0.3 is 10.2 Å². The van der Waals surface area contributed by atoms with E-state index in [0.717, 1.165) is 24.9 Å². The zero-order valence-corrected chi connectivity index (χ0v) is 14.3. The van der Waals surface area contributed by atoms with Crippen LogP contribution in [0, 0.1) is 6.92 Å². The molecule has 0 radical (unpaired) electrons. The fourth-order valence-electron chi connectivity index (χ4n) is 2.77. The van der Waals surface area contributed by atoms with Gasteiger partial charge in [-0.15, -0.1) is 0 Å². The summed E-state index contributed by atoms with van der Waals surface area (Å²) in [5, 5.41) is 3.30. The topological polar surface area (TPSA) is 78.5 Å². The maximum absolute atomic E-state index is 12.8. The van der Waals surface area contributed by atoms with Crippen molar-refractivity contribution >= 4 is 15.9 Å². The van der Waals surface area contributed by atoms with Gasteiger partial charge in [-0.3, -0.25) is 4.79 Å². The molecule has 1 aliphatic carbocycles. The van der Waals surface area contributed by atoms with Crippen molar-refractivity contribution in [1.29, 1.82) is 0 Å². The standard InChI is InChI=1S/C16H23N3O3S/c1-11-3-6-14(23(21,22)18-13-4-5-13)9-15(11)16(20)19-8-7-17-12(2)10-19/h3,6,9,12-13,17-18H,4-5,7-8,10H2,1-2H3. The van der Waals surface area contributed by atoms with Crippen LogP contribution >= 0.6 is 0 Å². The van der Waals surface area contributed by atoms with Crippen molar-refractivity contribution < 1.29 is 13.2 Å². The Balaban J connectivity index is 1.86. The van der Waals surface area contributed by atoms with E-state index in [9.17, 15) is 13.2 Å². The number of piperazine rings is 1. The number of hydrogen-bond acceptors (Lipinski definition) is 4. The third-order valence-electron chi connectivity index (χ3n) is 4.30. The van der Waals surface area contributed by atoms with Gasteiger partial charge in [-0.1, -0.05) is 6.07 Å². The van der Waals surface area contributed by atoms with Crippen LogP contribution < -0.4 is 10.0 Å². The Morgan fingerprint density at radius 2 is 2.09 bits per heavy atom. The monoisotopic (exact) mass is 337 g/mol. The molecule has 0 bridgehead atoms. The van der Waals surface area contributed by atoms with E-state index in [0.29, 0.717) is 18.7 Å². The molecular formula is C16H23N3O3S. The van der Waals surface area contributed by atoms with Crippen LogP contribution in [-0.2, 0) is 10.0 Å². The molecule has 7 heteroatoms. The molecule has 2 aliphatic rings. The zero-order valence-electron chi connectivity index (χ0n) is 13.5. The Labute approximate surface area is 137 Å². The van der Waals surface area contributed by atoms with Crippen LogP contribution in [-0.4, -0.2) is 50.9 Å². The molecule has 0 aromatic heterocycles. The fraction of sp³-hybridized carbons (Fsp3) is 0.562. The largest absolute Gasteiger partial charge is 0.336 e. The number of carbonyl (C=O) groups is 1. The molecule has 2 N–H and O–H groups in total. The predicted octanol–water partition coefficient (Wildman–Crippen LogP) is 0.870. The number of nitrogens with zero attached hydrogens (tertiary/aromatic N) is 1. The van der Waals surface area contributed by atoms with Gasteiger partial charge in [-0.25, -0.2) is 13.1 Å². The van der Waals surface area contributed by atoms with E-state index in [1.54, 1.807) is 17.0 Å². The highest BCUT2D eigenvalue weighted by molar-refractivity contribution is 7.89. The smallest absolute Gasteiger partial charge is 0.254 e. The van der Waals surface area contributed by atoms with E-state index in [4.69, 9.17) is 0 Å². The molecule has 6 nitrogen and oxygen atoms in total. The summed E-state index contributed by atoms with van der Waals surface area (Å²) in [6.07, 6.45) is 1.77. The first-order valence-electron chi connectivity index (χ1n) is 8.02. The van der Waals surface area contributed by atoms with E-state index in [2.05, 4.69) is 10.0 Å². The molecule has 1 atom stereocenters. The van der Waals surface area contributed by atoms with Crippen LogP contribution in [0.2, 0.25) is 0 Å². The highest BCUT2D eigenvalue weighted by Crippen LogP contribution is 2.24. The number of benzene rings is 1. The van der Waals surface area contributed by atoms with Crippen LogP contribution in [0.25, 0.3) is 0 Å². The lowest BCUT2D eigenvalue weighted by Gasteiger charge is -2.32. The average Bonchev–Trinajstić information content (AvgIpc) is 3.30. The van der Waals surface area contributed by atoms with Crippen LogP contribution in [0.5, 0.6) is 0 Å². The van der Waals surface area contributed by atoms with Gasteiger partial charge in [0.25, 0.3) is 5.91 Å². The molecule has 1 saturated heterocycles. The summed E-state index contributed by atoms with van der Waals surface area (Å²) in [5.41, 5.74) is 1.27. The first kappa shape index (κ1) is 16.4. The highest BCUT2D eigenvalue weighted by atomic mass is 32.2. The molecule has 1 heterocycles. The van der Waals surface area contributed by atoms with Crippen LogP contribution in [0.4, 0.5) is 0 Å². The normalized spacial score (nSPS) is 22.2. The number of amides is 1. The zero-order chi connectivity index (χ0) is 16.6. The van der Waals surface area contributed by atoms with Crippen molar-refractivity contribution in [3.8, 4) is 0 Å². The van der Waals surface area contributed by atoms with Gasteiger partial charge >= 0.3 is 0 Å². The molecule has 1 aliphatic heterocycles. The second-order valence-electron chi connectivity index (χ2n) is 6.48. The maximum Gasteiger partial charge on any atom is 0.254 e. The van der Waals surface area contributed by atoms with Gasteiger partial charge in [-0.05, 0) is 44.4 Å². The average molecular weight is 337 g/mol. The maximum atomic E-state index is 12.8. The van der Waals surface area contributed by atoms with E-state index in [1.807, 2.05) is 13.8 Å². The number of aryl methyl sites for hydroxylation is 1. The van der Waals surface area contributed by atoms with Crippen LogP contribution in [0.3, 0.4) is 0 Å². The van der Waals surface area contributed by atoms with E-state index in [-0.39, 0.29) is 22.9 Å². The number of nitrogens with one attached hydrogen (secondary N) is 2. The summed E-state index contributed by atoms with van der Waals surface area (Å²) in [4.78, 5) is 14.7. The predicted molar refractivity (Wildman–Crippen MR) is 87.9 cm³/mol. The van der Waals surface area contributed by atoms with Gasteiger partial charge in [0.1, 0.15) is 0 Å². The molecule has 3 rings (SSSR count). The van der Waals surface area contributed by atoms with Gasteiger partial charge in [0.15, 0.2) is 0 Å². The molecule has 1 amide bonds.